The summed E-state index contributed by atoms with van der Waals surface area (Å²) in [6.45, 7) is 8.19. The van der Waals surface area contributed by atoms with Crippen molar-refractivity contribution >= 4 is 11.5 Å². The fraction of sp³-hybridized carbons (Fsp3) is 0.462. The third-order valence-electron chi connectivity index (χ3n) is 2.07. The number of hydrogen-bond donors (Lipinski definition) is 1. The average Bonchev–Trinajstić information content (AvgIpc) is 2.61. The molecule has 1 N–H and O–H groups in total. The summed E-state index contributed by atoms with van der Waals surface area (Å²) in [5.41, 5.74) is 2.56. The summed E-state index contributed by atoms with van der Waals surface area (Å²) in [5.74, 6) is 1.09. The molecule has 0 saturated heterocycles. The highest BCUT2D eigenvalue weighted by Gasteiger charge is 2.14. The van der Waals surface area contributed by atoms with Crippen LogP contribution in [0, 0.1) is 0 Å². The van der Waals surface area contributed by atoms with Gasteiger partial charge in [-0.3, -0.25) is 4.99 Å². The van der Waals surface area contributed by atoms with Crippen molar-refractivity contribution in [1.82, 2.24) is 0 Å². The van der Waals surface area contributed by atoms with Gasteiger partial charge in [-0.25, -0.2) is 0 Å². The molecule has 15 heavy (non-hydrogen) atoms. The van der Waals surface area contributed by atoms with E-state index in [9.17, 15) is 0 Å². The second-order valence-electron chi connectivity index (χ2n) is 3.63. The van der Waals surface area contributed by atoms with Crippen molar-refractivity contribution in [2.45, 2.75) is 40.2 Å². The van der Waals surface area contributed by atoms with Crippen molar-refractivity contribution in [3.05, 3.63) is 29.8 Å². The van der Waals surface area contributed by atoms with Crippen LogP contribution in [0.5, 0.6) is 0 Å². The van der Waals surface area contributed by atoms with Crippen LogP contribution in [-0.4, -0.2) is 11.9 Å². The van der Waals surface area contributed by atoms with Gasteiger partial charge in [0, 0.05) is 18.2 Å². The minimum Gasteiger partial charge on any atom is -0.344 e. The number of aliphatic imine (C=N–C) groups is 1. The van der Waals surface area contributed by atoms with E-state index in [1.165, 1.54) is 11.3 Å². The molecule has 0 saturated carbocycles. The van der Waals surface area contributed by atoms with Gasteiger partial charge in [-0.1, -0.05) is 32.0 Å². The molecule has 2 nitrogen and oxygen atoms in total. The van der Waals surface area contributed by atoms with E-state index in [1.807, 2.05) is 19.9 Å². The summed E-state index contributed by atoms with van der Waals surface area (Å²) in [6, 6.07) is 8.73. The summed E-state index contributed by atoms with van der Waals surface area (Å²) in [4.78, 5) is 4.50. The number of nitrogens with zero attached hydrogens (tertiary/aromatic N) is 1. The topological polar surface area (TPSA) is 24.4 Å². The first-order valence-corrected chi connectivity index (χ1v) is 5.67. The van der Waals surface area contributed by atoms with Crippen LogP contribution in [0.3, 0.4) is 0 Å². The predicted molar refractivity (Wildman–Crippen MR) is 67.7 cm³/mol. The molecule has 0 atom stereocenters. The smallest absolute Gasteiger partial charge is 0.105 e. The van der Waals surface area contributed by atoms with Gasteiger partial charge in [-0.05, 0) is 25.5 Å². The monoisotopic (exact) mass is 204 g/mol. The molecule has 0 radical (unpaired) electrons. The van der Waals surface area contributed by atoms with E-state index in [-0.39, 0.29) is 0 Å². The summed E-state index contributed by atoms with van der Waals surface area (Å²) in [7, 11) is 0. The van der Waals surface area contributed by atoms with Gasteiger partial charge < -0.3 is 5.32 Å². The first-order valence-electron chi connectivity index (χ1n) is 5.67. The van der Waals surface area contributed by atoms with Gasteiger partial charge in [0.2, 0.25) is 0 Å². The van der Waals surface area contributed by atoms with Gasteiger partial charge in [-0.15, -0.1) is 0 Å². The maximum absolute atomic E-state index is 4.50. The normalized spacial score (nSPS) is 15.7. The highest BCUT2D eigenvalue weighted by molar-refractivity contribution is 6.02. The number of amidine groups is 1. The van der Waals surface area contributed by atoms with Crippen molar-refractivity contribution in [2.24, 2.45) is 4.99 Å². The lowest BCUT2D eigenvalue weighted by atomic mass is 10.2. The van der Waals surface area contributed by atoms with Crippen LogP contribution in [0.15, 0.2) is 29.3 Å². The van der Waals surface area contributed by atoms with Crippen molar-refractivity contribution in [3.8, 4) is 0 Å². The molecule has 1 aliphatic rings. The molecule has 0 aliphatic carbocycles. The van der Waals surface area contributed by atoms with E-state index in [2.05, 4.69) is 42.4 Å². The van der Waals surface area contributed by atoms with E-state index in [1.54, 1.807) is 0 Å². The van der Waals surface area contributed by atoms with Gasteiger partial charge in [-0.2, -0.15) is 0 Å². The molecular formula is C13H20N2. The number of fused-ring (bicyclic) bond motifs is 1. The highest BCUT2D eigenvalue weighted by atomic mass is 15.0. The summed E-state index contributed by atoms with van der Waals surface area (Å²) < 4.78 is 0. The Kier molecular flexibility index (Phi) is 4.35. The molecule has 1 aromatic rings. The number of benzene rings is 1. The van der Waals surface area contributed by atoms with Crippen LogP contribution in [0.2, 0.25) is 0 Å². The van der Waals surface area contributed by atoms with Crippen molar-refractivity contribution in [1.29, 1.82) is 0 Å². The minimum atomic E-state index is 0.372. The first-order chi connectivity index (χ1) is 7.25. The standard InChI is InChI=1S/C11H14N2.C2H6/c1-8(2)12-11-7-9-5-3-4-6-10(9)13-11;1-2/h3-6,8H,7H2,1-2H3,(H,12,13);1-2H3. The van der Waals surface area contributed by atoms with Gasteiger partial charge in [0.25, 0.3) is 0 Å². The lowest BCUT2D eigenvalue weighted by molar-refractivity contribution is 0.833. The fourth-order valence-corrected chi connectivity index (χ4v) is 1.57. The molecule has 82 valence electrons. The van der Waals surface area contributed by atoms with Crippen LogP contribution in [-0.2, 0) is 6.42 Å². The van der Waals surface area contributed by atoms with E-state index < -0.39 is 0 Å². The van der Waals surface area contributed by atoms with Gasteiger partial charge in [0.05, 0.1) is 0 Å². The Morgan fingerprint density at radius 3 is 2.47 bits per heavy atom. The van der Waals surface area contributed by atoms with Crippen LogP contribution >= 0.6 is 0 Å². The summed E-state index contributed by atoms with van der Waals surface area (Å²) >= 11 is 0. The van der Waals surface area contributed by atoms with Crippen molar-refractivity contribution in [2.75, 3.05) is 5.32 Å². The SMILES string of the molecule is CC.CC(C)N=C1Cc2ccccc2N1. The molecule has 0 fully saturated rings. The van der Waals surface area contributed by atoms with Crippen LogP contribution in [0.25, 0.3) is 0 Å². The van der Waals surface area contributed by atoms with Gasteiger partial charge in [0.15, 0.2) is 0 Å². The largest absolute Gasteiger partial charge is 0.344 e. The zero-order valence-corrected chi connectivity index (χ0v) is 10.0. The zero-order valence-electron chi connectivity index (χ0n) is 10.0. The lowest BCUT2D eigenvalue weighted by Gasteiger charge is -2.00. The van der Waals surface area contributed by atoms with Gasteiger partial charge >= 0.3 is 0 Å². The Hall–Kier alpha value is -1.31. The predicted octanol–water partition coefficient (Wildman–Crippen LogP) is 3.49. The maximum atomic E-state index is 4.50. The van der Waals surface area contributed by atoms with Crippen LogP contribution < -0.4 is 5.32 Å². The van der Waals surface area contributed by atoms with Crippen LogP contribution in [0.1, 0.15) is 33.3 Å². The highest BCUT2D eigenvalue weighted by Crippen LogP contribution is 2.22. The van der Waals surface area contributed by atoms with Crippen LogP contribution in [0.4, 0.5) is 5.69 Å². The lowest BCUT2D eigenvalue weighted by Crippen LogP contribution is -2.09. The number of rotatable bonds is 1. The fourth-order valence-electron chi connectivity index (χ4n) is 1.57. The molecule has 1 heterocycles. The maximum Gasteiger partial charge on any atom is 0.105 e. The number of nitrogens with one attached hydrogen (secondary N) is 1. The van der Waals surface area contributed by atoms with Crippen molar-refractivity contribution < 1.29 is 0 Å². The third kappa shape index (κ3) is 3.08. The molecule has 1 aromatic carbocycles. The quantitative estimate of drug-likeness (QED) is 0.744. The van der Waals surface area contributed by atoms with E-state index in [4.69, 9.17) is 0 Å². The second kappa shape index (κ2) is 5.54. The van der Waals surface area contributed by atoms with Gasteiger partial charge in [0.1, 0.15) is 5.84 Å². The number of hydrogen-bond acceptors (Lipinski definition) is 1. The molecule has 1 aliphatic heterocycles. The number of para-hydroxylation sites is 1. The average molecular weight is 204 g/mol. The first kappa shape index (κ1) is 11.8. The Morgan fingerprint density at radius 1 is 1.20 bits per heavy atom. The number of anilines is 1. The minimum absolute atomic E-state index is 0.372. The van der Waals surface area contributed by atoms with E-state index in [0.717, 1.165) is 12.3 Å². The zero-order chi connectivity index (χ0) is 11.3. The summed E-state index contributed by atoms with van der Waals surface area (Å²) in [6.07, 6.45) is 0.953. The molecule has 2 rings (SSSR count). The Labute approximate surface area is 92.4 Å². The Balaban J connectivity index is 0.000000531. The Bertz CT molecular complexity index is 313. The second-order valence-corrected chi connectivity index (χ2v) is 3.63. The molecule has 0 amide bonds. The van der Waals surface area contributed by atoms with E-state index in [0.29, 0.717) is 6.04 Å². The molecule has 0 aromatic heterocycles. The molecule has 0 spiro atoms. The summed E-state index contributed by atoms with van der Waals surface area (Å²) in [5, 5.41) is 3.32. The van der Waals surface area contributed by atoms with Crippen molar-refractivity contribution in [3.63, 3.8) is 0 Å². The Morgan fingerprint density at radius 2 is 1.87 bits per heavy atom. The third-order valence-corrected chi connectivity index (χ3v) is 2.07. The molecule has 2 heteroatoms. The molecular weight excluding hydrogens is 184 g/mol. The molecule has 0 bridgehead atoms. The molecule has 0 unspecified atom stereocenters. The van der Waals surface area contributed by atoms with E-state index >= 15 is 0 Å².